The van der Waals surface area contributed by atoms with Gasteiger partial charge >= 0.3 is 11.9 Å². The van der Waals surface area contributed by atoms with Gasteiger partial charge in [-0.1, -0.05) is 192 Å². The van der Waals surface area contributed by atoms with Crippen LogP contribution in [0.4, 0.5) is 0 Å². The summed E-state index contributed by atoms with van der Waals surface area (Å²) < 4.78 is 10.5. The Labute approximate surface area is 310 Å². The lowest BCUT2D eigenvalue weighted by Crippen LogP contribution is -2.28. The molecule has 1 N–H and O–H groups in total. The van der Waals surface area contributed by atoms with Gasteiger partial charge in [0.2, 0.25) is 0 Å². The summed E-state index contributed by atoms with van der Waals surface area (Å²) in [6.07, 6.45) is 51.0. The molecule has 0 bridgehead atoms. The maximum Gasteiger partial charge on any atom is 0.306 e. The molecule has 1 unspecified atom stereocenters. The third-order valence-electron chi connectivity index (χ3n) is 9.44. The summed E-state index contributed by atoms with van der Waals surface area (Å²) in [7, 11) is 0. The van der Waals surface area contributed by atoms with Crippen LogP contribution < -0.4 is 0 Å². The van der Waals surface area contributed by atoms with Crippen LogP contribution in [0.1, 0.15) is 219 Å². The minimum atomic E-state index is -0.766. The first kappa shape index (κ1) is 48.1. The number of carbonyl (C=O) groups is 2. The highest BCUT2D eigenvalue weighted by atomic mass is 16.6. The van der Waals surface area contributed by atoms with E-state index in [1.807, 2.05) is 0 Å². The van der Waals surface area contributed by atoms with Crippen molar-refractivity contribution < 1.29 is 24.2 Å². The molecule has 5 nitrogen and oxygen atoms in total. The van der Waals surface area contributed by atoms with E-state index in [0.29, 0.717) is 12.8 Å². The molecule has 0 fully saturated rings. The topological polar surface area (TPSA) is 72.8 Å². The average Bonchev–Trinajstić information content (AvgIpc) is 3.12. The van der Waals surface area contributed by atoms with Crippen LogP contribution in [-0.2, 0) is 19.1 Å². The first-order valence-electron chi connectivity index (χ1n) is 21.5. The SMILES string of the molecule is CCCCCCC/C=C\C/C=C\C/C=C\CCCCCCCCCCCCCCCCC(=O)OC(CO)COC(=O)CCCCCCCCC. The van der Waals surface area contributed by atoms with Gasteiger partial charge in [0, 0.05) is 12.8 Å². The Morgan fingerprint density at radius 2 is 0.800 bits per heavy atom. The standard InChI is InChI=1S/C45H82O5/c1-3-5-7-9-11-12-13-14-15-16-17-18-19-20-21-22-23-24-25-26-27-28-29-30-31-32-34-36-38-40-45(48)50-43(41-46)42-49-44(47)39-37-35-33-10-8-6-4-2/h13-14,16-17,19-20,43,46H,3-12,15,18,21-42H2,1-2H3/b14-13-,17-16-,20-19-. The van der Waals surface area contributed by atoms with Gasteiger partial charge in [0.1, 0.15) is 6.61 Å². The Balaban J connectivity index is 3.44. The zero-order chi connectivity index (χ0) is 36.4. The number of allylic oxidation sites excluding steroid dienone is 6. The molecule has 0 aliphatic heterocycles. The molecule has 0 radical (unpaired) electrons. The molecule has 1 atom stereocenters. The van der Waals surface area contributed by atoms with Crippen molar-refractivity contribution in [2.24, 2.45) is 0 Å². The van der Waals surface area contributed by atoms with Gasteiger partial charge < -0.3 is 14.6 Å². The van der Waals surface area contributed by atoms with Gasteiger partial charge in [-0.25, -0.2) is 0 Å². The Kier molecular flexibility index (Phi) is 40.0. The second-order valence-electron chi connectivity index (χ2n) is 14.4. The third kappa shape index (κ3) is 38.9. The molecular formula is C45H82O5. The molecule has 0 amide bonds. The van der Waals surface area contributed by atoms with E-state index in [1.165, 1.54) is 141 Å². The number of aliphatic hydroxyl groups is 1. The van der Waals surface area contributed by atoms with Gasteiger partial charge in [-0.15, -0.1) is 0 Å². The van der Waals surface area contributed by atoms with E-state index in [9.17, 15) is 14.7 Å². The average molecular weight is 703 g/mol. The number of aliphatic hydroxyl groups excluding tert-OH is 1. The van der Waals surface area contributed by atoms with E-state index < -0.39 is 6.10 Å². The maximum absolute atomic E-state index is 12.1. The number of rotatable bonds is 39. The van der Waals surface area contributed by atoms with Gasteiger partial charge in [-0.3, -0.25) is 9.59 Å². The largest absolute Gasteiger partial charge is 0.462 e. The van der Waals surface area contributed by atoms with E-state index in [4.69, 9.17) is 9.47 Å². The fourth-order valence-corrected chi connectivity index (χ4v) is 6.15. The highest BCUT2D eigenvalue weighted by molar-refractivity contribution is 5.70. The normalized spacial score (nSPS) is 12.5. The van der Waals surface area contributed by atoms with Crippen molar-refractivity contribution >= 4 is 11.9 Å². The second kappa shape index (κ2) is 41.5. The van der Waals surface area contributed by atoms with Gasteiger partial charge in [0.25, 0.3) is 0 Å². The highest BCUT2D eigenvalue weighted by Crippen LogP contribution is 2.15. The van der Waals surface area contributed by atoms with Crippen molar-refractivity contribution in [2.45, 2.75) is 225 Å². The zero-order valence-electron chi connectivity index (χ0n) is 33.2. The van der Waals surface area contributed by atoms with Gasteiger partial charge in [-0.05, 0) is 51.4 Å². The highest BCUT2D eigenvalue weighted by Gasteiger charge is 2.16. The minimum Gasteiger partial charge on any atom is -0.462 e. The lowest BCUT2D eigenvalue weighted by molar-refractivity contribution is -0.161. The molecule has 5 heteroatoms. The van der Waals surface area contributed by atoms with E-state index >= 15 is 0 Å². The van der Waals surface area contributed by atoms with Gasteiger partial charge in [-0.2, -0.15) is 0 Å². The molecule has 292 valence electrons. The molecule has 0 saturated heterocycles. The maximum atomic E-state index is 12.1. The summed E-state index contributed by atoms with van der Waals surface area (Å²) in [6, 6.07) is 0. The first-order valence-corrected chi connectivity index (χ1v) is 21.5. The van der Waals surface area contributed by atoms with Crippen LogP contribution in [-0.4, -0.2) is 36.4 Å². The van der Waals surface area contributed by atoms with E-state index in [-0.39, 0.29) is 25.2 Å². The number of esters is 2. The molecule has 0 aromatic rings. The van der Waals surface area contributed by atoms with Crippen molar-refractivity contribution in [3.05, 3.63) is 36.5 Å². The lowest BCUT2D eigenvalue weighted by atomic mass is 10.0. The van der Waals surface area contributed by atoms with Crippen LogP contribution in [0.15, 0.2) is 36.5 Å². The molecule has 0 rings (SSSR count). The molecule has 0 aliphatic rings. The molecule has 0 saturated carbocycles. The monoisotopic (exact) mass is 703 g/mol. The number of ether oxygens (including phenoxy) is 2. The van der Waals surface area contributed by atoms with Crippen LogP contribution in [0, 0.1) is 0 Å². The first-order chi connectivity index (χ1) is 24.6. The predicted molar refractivity (Wildman–Crippen MR) is 214 cm³/mol. The Bertz CT molecular complexity index is 801. The Hall–Kier alpha value is -1.88. The third-order valence-corrected chi connectivity index (χ3v) is 9.44. The van der Waals surface area contributed by atoms with Gasteiger partial charge in [0.05, 0.1) is 6.61 Å². The summed E-state index contributed by atoms with van der Waals surface area (Å²) in [4.78, 5) is 24.1. The second-order valence-corrected chi connectivity index (χ2v) is 14.4. The van der Waals surface area contributed by atoms with Gasteiger partial charge in [0.15, 0.2) is 6.10 Å². The number of carbonyl (C=O) groups excluding carboxylic acids is 2. The fourth-order valence-electron chi connectivity index (χ4n) is 6.15. The van der Waals surface area contributed by atoms with Crippen molar-refractivity contribution in [1.82, 2.24) is 0 Å². The van der Waals surface area contributed by atoms with Crippen molar-refractivity contribution in [2.75, 3.05) is 13.2 Å². The summed E-state index contributed by atoms with van der Waals surface area (Å²) in [5.41, 5.74) is 0. The van der Waals surface area contributed by atoms with Crippen LogP contribution in [0.25, 0.3) is 0 Å². The molecule has 0 heterocycles. The minimum absolute atomic E-state index is 0.0635. The van der Waals surface area contributed by atoms with E-state index in [0.717, 1.165) is 51.4 Å². The van der Waals surface area contributed by atoms with Crippen LogP contribution in [0.5, 0.6) is 0 Å². The molecule has 0 aliphatic carbocycles. The van der Waals surface area contributed by atoms with Crippen LogP contribution in [0.2, 0.25) is 0 Å². The summed E-state index contributed by atoms with van der Waals surface area (Å²) >= 11 is 0. The molecule has 50 heavy (non-hydrogen) atoms. The van der Waals surface area contributed by atoms with Crippen molar-refractivity contribution in [3.8, 4) is 0 Å². The Morgan fingerprint density at radius 1 is 0.460 bits per heavy atom. The molecular weight excluding hydrogens is 620 g/mol. The fraction of sp³-hybridized carbons (Fsp3) is 0.822. The summed E-state index contributed by atoms with van der Waals surface area (Å²) in [5.74, 6) is -0.593. The smallest absolute Gasteiger partial charge is 0.306 e. The van der Waals surface area contributed by atoms with Crippen LogP contribution in [0.3, 0.4) is 0 Å². The number of unbranched alkanes of at least 4 members (excludes halogenated alkanes) is 25. The summed E-state index contributed by atoms with van der Waals surface area (Å²) in [5, 5.41) is 9.51. The number of hydrogen-bond acceptors (Lipinski definition) is 5. The quantitative estimate of drug-likeness (QED) is 0.0392. The van der Waals surface area contributed by atoms with E-state index in [2.05, 4.69) is 50.3 Å². The van der Waals surface area contributed by atoms with Crippen molar-refractivity contribution in [1.29, 1.82) is 0 Å². The van der Waals surface area contributed by atoms with Crippen molar-refractivity contribution in [3.63, 3.8) is 0 Å². The molecule has 0 spiro atoms. The Morgan fingerprint density at radius 3 is 1.20 bits per heavy atom. The zero-order valence-corrected chi connectivity index (χ0v) is 33.2. The molecule has 0 aromatic carbocycles. The predicted octanol–water partition coefficient (Wildman–Crippen LogP) is 13.6. The molecule has 0 aromatic heterocycles. The summed E-state index contributed by atoms with van der Waals surface area (Å²) in [6.45, 7) is 4.08. The van der Waals surface area contributed by atoms with E-state index in [1.54, 1.807) is 0 Å². The number of hydrogen-bond donors (Lipinski definition) is 1. The van der Waals surface area contributed by atoms with Crippen LogP contribution >= 0.6 is 0 Å². The lowest BCUT2D eigenvalue weighted by Gasteiger charge is -2.15.